The molecular weight excluding hydrogens is 182 g/mol. The second-order valence-electron chi connectivity index (χ2n) is 4.21. The fourth-order valence-electron chi connectivity index (χ4n) is 1.87. The molecule has 0 spiro atoms. The summed E-state index contributed by atoms with van der Waals surface area (Å²) >= 11 is 0. The molecule has 0 aromatic heterocycles. The minimum atomic E-state index is 0.838. The first-order chi connectivity index (χ1) is 7.28. The summed E-state index contributed by atoms with van der Waals surface area (Å²) in [6.45, 7) is 15.3. The molecule has 0 amide bonds. The van der Waals surface area contributed by atoms with Gasteiger partial charge in [-0.05, 0) is 12.3 Å². The number of rotatable bonds is 10. The zero-order valence-corrected chi connectivity index (χ0v) is 10.5. The molecule has 1 nitrogen and oxygen atoms in total. The maximum atomic E-state index is 3.80. The second kappa shape index (κ2) is 9.97. The van der Waals surface area contributed by atoms with E-state index in [9.17, 15) is 0 Å². The molecule has 0 aliphatic heterocycles. The van der Waals surface area contributed by atoms with Gasteiger partial charge in [0.15, 0.2) is 0 Å². The Bertz CT molecular complexity index is 153. The van der Waals surface area contributed by atoms with Crippen molar-refractivity contribution in [2.24, 2.45) is 5.92 Å². The zero-order chi connectivity index (χ0) is 11.5. The molecule has 1 unspecified atom stereocenters. The predicted octanol–water partition coefficient (Wildman–Crippen LogP) is 3.88. The number of hydrogen-bond acceptors (Lipinski definition) is 1. The normalized spacial score (nSPS) is 12.7. The van der Waals surface area contributed by atoms with Gasteiger partial charge in [-0.25, -0.2) is 0 Å². The van der Waals surface area contributed by atoms with Crippen LogP contribution in [0.5, 0.6) is 0 Å². The molecule has 0 aliphatic rings. The standard InChI is InChI=1S/C14H27N/c1-5-9-10-14(8-4)13-15(11-6-2)12-7-3/h6-7,14H,2-3,5,8-13H2,1,4H3. The van der Waals surface area contributed by atoms with Crippen LogP contribution in [-0.2, 0) is 0 Å². The summed E-state index contributed by atoms with van der Waals surface area (Å²) in [6.07, 6.45) is 9.27. The van der Waals surface area contributed by atoms with Crippen LogP contribution >= 0.6 is 0 Å². The van der Waals surface area contributed by atoms with Crippen molar-refractivity contribution in [3.05, 3.63) is 25.3 Å². The Morgan fingerprint density at radius 1 is 1.13 bits per heavy atom. The lowest BCUT2D eigenvalue weighted by Crippen LogP contribution is -2.29. The topological polar surface area (TPSA) is 3.24 Å². The Kier molecular flexibility index (Phi) is 9.60. The highest BCUT2D eigenvalue weighted by Gasteiger charge is 2.10. The van der Waals surface area contributed by atoms with E-state index in [1.54, 1.807) is 0 Å². The molecule has 0 aromatic rings. The van der Waals surface area contributed by atoms with Gasteiger partial charge in [-0.2, -0.15) is 0 Å². The van der Waals surface area contributed by atoms with E-state index in [4.69, 9.17) is 0 Å². The van der Waals surface area contributed by atoms with Crippen molar-refractivity contribution in [3.63, 3.8) is 0 Å². The van der Waals surface area contributed by atoms with Gasteiger partial charge >= 0.3 is 0 Å². The zero-order valence-electron chi connectivity index (χ0n) is 10.5. The summed E-state index contributed by atoms with van der Waals surface area (Å²) in [4.78, 5) is 2.42. The molecule has 0 aliphatic carbocycles. The van der Waals surface area contributed by atoms with Gasteiger partial charge in [0.25, 0.3) is 0 Å². The highest BCUT2D eigenvalue weighted by atomic mass is 15.1. The second-order valence-corrected chi connectivity index (χ2v) is 4.21. The van der Waals surface area contributed by atoms with Gasteiger partial charge in [0, 0.05) is 19.6 Å². The molecule has 0 rings (SSSR count). The van der Waals surface area contributed by atoms with Gasteiger partial charge in [0.05, 0.1) is 0 Å². The molecule has 1 atom stereocenters. The minimum absolute atomic E-state index is 0.838. The van der Waals surface area contributed by atoms with Crippen molar-refractivity contribution >= 4 is 0 Å². The van der Waals surface area contributed by atoms with E-state index in [2.05, 4.69) is 31.9 Å². The smallest absolute Gasteiger partial charge is 0.0164 e. The molecule has 0 N–H and O–H groups in total. The van der Waals surface area contributed by atoms with E-state index in [0.717, 1.165) is 19.0 Å². The van der Waals surface area contributed by atoms with E-state index >= 15 is 0 Å². The minimum Gasteiger partial charge on any atom is -0.296 e. The van der Waals surface area contributed by atoms with Crippen LogP contribution < -0.4 is 0 Å². The monoisotopic (exact) mass is 209 g/mol. The van der Waals surface area contributed by atoms with Crippen molar-refractivity contribution in [1.29, 1.82) is 0 Å². The van der Waals surface area contributed by atoms with Gasteiger partial charge in [0.1, 0.15) is 0 Å². The molecule has 0 saturated heterocycles. The van der Waals surface area contributed by atoms with Crippen LogP contribution in [0.4, 0.5) is 0 Å². The Morgan fingerprint density at radius 2 is 1.73 bits per heavy atom. The lowest BCUT2D eigenvalue weighted by molar-refractivity contribution is 0.258. The highest BCUT2D eigenvalue weighted by molar-refractivity contribution is 4.81. The van der Waals surface area contributed by atoms with Crippen molar-refractivity contribution in [2.45, 2.75) is 39.5 Å². The molecule has 1 heteroatoms. The SMILES string of the molecule is C=CCN(CC=C)CC(CC)CCCC. The van der Waals surface area contributed by atoms with E-state index in [1.165, 1.54) is 32.2 Å². The third-order valence-electron chi connectivity index (χ3n) is 2.83. The van der Waals surface area contributed by atoms with Crippen LogP contribution in [0.15, 0.2) is 25.3 Å². The molecule has 0 heterocycles. The first-order valence-corrected chi connectivity index (χ1v) is 6.22. The average Bonchev–Trinajstić information content (AvgIpc) is 2.24. The maximum absolute atomic E-state index is 3.80. The summed E-state index contributed by atoms with van der Waals surface area (Å²) in [7, 11) is 0. The quantitative estimate of drug-likeness (QED) is 0.494. The predicted molar refractivity (Wildman–Crippen MR) is 70.1 cm³/mol. The number of nitrogens with zero attached hydrogens (tertiary/aromatic N) is 1. The number of hydrogen-bond donors (Lipinski definition) is 0. The van der Waals surface area contributed by atoms with Gasteiger partial charge in [-0.1, -0.05) is 45.3 Å². The first kappa shape index (κ1) is 14.4. The van der Waals surface area contributed by atoms with Crippen molar-refractivity contribution < 1.29 is 0 Å². The lowest BCUT2D eigenvalue weighted by atomic mass is 9.99. The Labute approximate surface area is 95.9 Å². The molecule has 0 saturated carbocycles. The van der Waals surface area contributed by atoms with Crippen molar-refractivity contribution in [3.8, 4) is 0 Å². The van der Waals surface area contributed by atoms with Crippen LogP contribution in [0.25, 0.3) is 0 Å². The highest BCUT2D eigenvalue weighted by Crippen LogP contribution is 2.14. The van der Waals surface area contributed by atoms with E-state index in [1.807, 2.05) is 12.2 Å². The van der Waals surface area contributed by atoms with Crippen LogP contribution in [0, 0.1) is 5.92 Å². The largest absolute Gasteiger partial charge is 0.296 e. The Hall–Kier alpha value is -0.560. The van der Waals surface area contributed by atoms with Gasteiger partial charge in [-0.3, -0.25) is 4.90 Å². The van der Waals surface area contributed by atoms with Crippen LogP contribution in [0.3, 0.4) is 0 Å². The molecule has 0 fully saturated rings. The summed E-state index contributed by atoms with van der Waals surface area (Å²) in [5, 5.41) is 0. The van der Waals surface area contributed by atoms with Gasteiger partial charge in [-0.15, -0.1) is 13.2 Å². The lowest BCUT2D eigenvalue weighted by Gasteiger charge is -2.24. The Balaban J connectivity index is 3.95. The maximum Gasteiger partial charge on any atom is 0.0164 e. The molecule has 0 aromatic carbocycles. The third-order valence-corrected chi connectivity index (χ3v) is 2.83. The molecule has 0 radical (unpaired) electrons. The van der Waals surface area contributed by atoms with Crippen LogP contribution in [0.2, 0.25) is 0 Å². The fourth-order valence-corrected chi connectivity index (χ4v) is 1.87. The summed E-state index contributed by atoms with van der Waals surface area (Å²) in [5.41, 5.74) is 0. The summed E-state index contributed by atoms with van der Waals surface area (Å²) < 4.78 is 0. The summed E-state index contributed by atoms with van der Waals surface area (Å²) in [6, 6.07) is 0. The van der Waals surface area contributed by atoms with E-state index < -0.39 is 0 Å². The molecule has 88 valence electrons. The molecular formula is C14H27N. The fraction of sp³-hybridized carbons (Fsp3) is 0.714. The van der Waals surface area contributed by atoms with Crippen LogP contribution in [-0.4, -0.2) is 24.5 Å². The van der Waals surface area contributed by atoms with Crippen molar-refractivity contribution in [2.75, 3.05) is 19.6 Å². The van der Waals surface area contributed by atoms with Crippen LogP contribution in [0.1, 0.15) is 39.5 Å². The van der Waals surface area contributed by atoms with Crippen molar-refractivity contribution in [1.82, 2.24) is 4.90 Å². The molecule has 15 heavy (non-hydrogen) atoms. The van der Waals surface area contributed by atoms with Gasteiger partial charge in [0.2, 0.25) is 0 Å². The van der Waals surface area contributed by atoms with E-state index in [-0.39, 0.29) is 0 Å². The first-order valence-electron chi connectivity index (χ1n) is 6.22. The summed E-state index contributed by atoms with van der Waals surface area (Å²) in [5.74, 6) is 0.838. The Morgan fingerprint density at radius 3 is 2.13 bits per heavy atom. The van der Waals surface area contributed by atoms with Gasteiger partial charge < -0.3 is 0 Å². The molecule has 0 bridgehead atoms. The van der Waals surface area contributed by atoms with E-state index in [0.29, 0.717) is 0 Å². The average molecular weight is 209 g/mol. The third kappa shape index (κ3) is 7.38. The number of unbranched alkanes of at least 4 members (excludes halogenated alkanes) is 1.